The summed E-state index contributed by atoms with van der Waals surface area (Å²) in [5, 5.41) is 2.65. The van der Waals surface area contributed by atoms with Crippen molar-refractivity contribution < 1.29 is 28.6 Å². The van der Waals surface area contributed by atoms with Crippen LogP contribution in [0.1, 0.15) is 22.8 Å². The summed E-state index contributed by atoms with van der Waals surface area (Å²) in [5.41, 5.74) is 1.38. The van der Waals surface area contributed by atoms with Crippen molar-refractivity contribution in [3.63, 3.8) is 0 Å². The van der Waals surface area contributed by atoms with Gasteiger partial charge in [0.1, 0.15) is 11.5 Å². The molecule has 0 saturated carbocycles. The van der Waals surface area contributed by atoms with Crippen molar-refractivity contribution >= 4 is 17.7 Å². The molecule has 0 bridgehead atoms. The first-order valence-corrected chi connectivity index (χ1v) is 8.27. The molecule has 0 spiro atoms. The third kappa shape index (κ3) is 6.81. The van der Waals surface area contributed by atoms with Crippen molar-refractivity contribution in [2.75, 3.05) is 20.3 Å². The Kier molecular flexibility index (Phi) is 7.37. The zero-order valence-corrected chi connectivity index (χ0v) is 15.2. The minimum absolute atomic E-state index is 0.100. The van der Waals surface area contributed by atoms with Crippen LogP contribution in [-0.2, 0) is 20.9 Å². The average Bonchev–Trinajstić information content (AvgIpc) is 2.69. The van der Waals surface area contributed by atoms with E-state index in [0.29, 0.717) is 17.9 Å². The van der Waals surface area contributed by atoms with Gasteiger partial charge >= 0.3 is 5.97 Å². The summed E-state index contributed by atoms with van der Waals surface area (Å²) in [6.45, 7) is 1.01. The zero-order valence-electron chi connectivity index (χ0n) is 15.2. The summed E-state index contributed by atoms with van der Waals surface area (Å²) < 4.78 is 15.2. The van der Waals surface area contributed by atoms with E-state index in [0.717, 1.165) is 11.3 Å². The molecule has 1 N–H and O–H groups in total. The van der Waals surface area contributed by atoms with Crippen molar-refractivity contribution in [3.8, 4) is 11.5 Å². The molecule has 27 heavy (non-hydrogen) atoms. The topological polar surface area (TPSA) is 90.9 Å². The van der Waals surface area contributed by atoms with E-state index in [1.165, 1.54) is 13.0 Å². The number of Topliss-reactive ketones (excluding diaryl/α,β-unsaturated/α-hetero) is 1. The summed E-state index contributed by atoms with van der Waals surface area (Å²) >= 11 is 0. The second kappa shape index (κ2) is 9.96. The molecule has 7 heteroatoms. The monoisotopic (exact) mass is 371 g/mol. The van der Waals surface area contributed by atoms with Crippen LogP contribution in [0.5, 0.6) is 11.5 Å². The van der Waals surface area contributed by atoms with Crippen molar-refractivity contribution in [1.29, 1.82) is 0 Å². The maximum atomic E-state index is 11.7. The highest BCUT2D eigenvalue weighted by molar-refractivity contribution is 5.94. The molecule has 0 atom stereocenters. The smallest absolute Gasteiger partial charge is 0.344 e. The number of amides is 1. The number of ether oxygens (including phenoxy) is 3. The number of hydrogen-bond acceptors (Lipinski definition) is 6. The van der Waals surface area contributed by atoms with Crippen LogP contribution in [-0.4, -0.2) is 38.0 Å². The highest BCUT2D eigenvalue weighted by Crippen LogP contribution is 2.14. The molecule has 0 heterocycles. The Labute approximate surface area is 157 Å². The molecule has 0 unspecified atom stereocenters. The Morgan fingerprint density at radius 2 is 1.70 bits per heavy atom. The van der Waals surface area contributed by atoms with E-state index < -0.39 is 18.5 Å². The summed E-state index contributed by atoms with van der Waals surface area (Å²) in [6, 6.07) is 13.7. The largest absolute Gasteiger partial charge is 0.497 e. The number of nitrogens with one attached hydrogen (secondary N) is 1. The highest BCUT2D eigenvalue weighted by Gasteiger charge is 2.09. The average molecular weight is 371 g/mol. The summed E-state index contributed by atoms with van der Waals surface area (Å²) in [4.78, 5) is 34.7. The SMILES string of the molecule is COc1ccc(CNC(=O)COC(=O)COc2cccc(C(C)=O)c2)cc1. The predicted molar refractivity (Wildman–Crippen MR) is 97.7 cm³/mol. The normalized spacial score (nSPS) is 10.0. The molecule has 0 radical (unpaired) electrons. The predicted octanol–water partition coefficient (Wildman–Crippen LogP) is 2.14. The molecule has 0 aliphatic carbocycles. The van der Waals surface area contributed by atoms with Gasteiger partial charge in [-0.1, -0.05) is 24.3 Å². The first-order valence-electron chi connectivity index (χ1n) is 8.27. The fourth-order valence-electron chi connectivity index (χ4n) is 2.13. The lowest BCUT2D eigenvalue weighted by Crippen LogP contribution is -2.29. The number of carbonyl (C=O) groups is 3. The summed E-state index contributed by atoms with van der Waals surface area (Å²) in [5.74, 6) is -0.0893. The van der Waals surface area contributed by atoms with Gasteiger partial charge in [0.15, 0.2) is 19.0 Å². The Morgan fingerprint density at radius 1 is 0.963 bits per heavy atom. The lowest BCUT2D eigenvalue weighted by Gasteiger charge is -2.09. The minimum Gasteiger partial charge on any atom is -0.497 e. The van der Waals surface area contributed by atoms with Gasteiger partial charge in [0, 0.05) is 12.1 Å². The van der Waals surface area contributed by atoms with Gasteiger partial charge < -0.3 is 19.5 Å². The highest BCUT2D eigenvalue weighted by atomic mass is 16.6. The molecule has 0 aliphatic rings. The van der Waals surface area contributed by atoms with Crippen molar-refractivity contribution in [1.82, 2.24) is 5.32 Å². The van der Waals surface area contributed by atoms with Crippen LogP contribution in [0, 0.1) is 0 Å². The number of rotatable bonds is 9. The number of methoxy groups -OCH3 is 1. The Bertz CT molecular complexity index is 800. The van der Waals surface area contributed by atoms with Gasteiger partial charge in [0.05, 0.1) is 7.11 Å². The number of benzene rings is 2. The van der Waals surface area contributed by atoms with Crippen LogP contribution < -0.4 is 14.8 Å². The first kappa shape index (κ1) is 20.0. The first-order chi connectivity index (χ1) is 13.0. The molecular formula is C20H21NO6. The van der Waals surface area contributed by atoms with E-state index in [2.05, 4.69) is 5.32 Å². The number of esters is 1. The van der Waals surface area contributed by atoms with Gasteiger partial charge in [-0.15, -0.1) is 0 Å². The summed E-state index contributed by atoms with van der Waals surface area (Å²) in [7, 11) is 1.58. The van der Waals surface area contributed by atoms with Gasteiger partial charge in [0.2, 0.25) is 0 Å². The maximum absolute atomic E-state index is 11.7. The van der Waals surface area contributed by atoms with Crippen LogP contribution in [0.3, 0.4) is 0 Å². The van der Waals surface area contributed by atoms with Gasteiger partial charge in [-0.2, -0.15) is 0 Å². The molecule has 1 amide bonds. The molecular weight excluding hydrogens is 350 g/mol. The Balaban J connectivity index is 1.69. The third-order valence-electron chi connectivity index (χ3n) is 3.61. The van der Waals surface area contributed by atoms with Crippen molar-refractivity contribution in [2.24, 2.45) is 0 Å². The second-order valence-corrected chi connectivity index (χ2v) is 5.66. The lowest BCUT2D eigenvalue weighted by molar-refractivity contribution is -0.150. The lowest BCUT2D eigenvalue weighted by atomic mass is 10.1. The van der Waals surface area contributed by atoms with Crippen LogP contribution >= 0.6 is 0 Å². The molecule has 2 aromatic carbocycles. The van der Waals surface area contributed by atoms with Crippen LogP contribution in [0.25, 0.3) is 0 Å². The molecule has 142 valence electrons. The van der Waals surface area contributed by atoms with E-state index in [-0.39, 0.29) is 12.4 Å². The number of hydrogen-bond donors (Lipinski definition) is 1. The van der Waals surface area contributed by atoms with Gasteiger partial charge in [0.25, 0.3) is 5.91 Å². The standard InChI is InChI=1S/C20H21NO6/c1-14(22)16-4-3-5-18(10-16)26-13-20(24)27-12-19(23)21-11-15-6-8-17(25-2)9-7-15/h3-10H,11-13H2,1-2H3,(H,21,23). The van der Waals surface area contributed by atoms with Crippen molar-refractivity contribution in [2.45, 2.75) is 13.5 Å². The van der Waals surface area contributed by atoms with Crippen LogP contribution in [0.15, 0.2) is 48.5 Å². The van der Waals surface area contributed by atoms with E-state index in [9.17, 15) is 14.4 Å². The van der Waals surface area contributed by atoms with Gasteiger partial charge in [-0.05, 0) is 36.8 Å². The van der Waals surface area contributed by atoms with E-state index in [1.54, 1.807) is 37.4 Å². The minimum atomic E-state index is -0.678. The second-order valence-electron chi connectivity index (χ2n) is 5.66. The van der Waals surface area contributed by atoms with Crippen LogP contribution in [0.4, 0.5) is 0 Å². The summed E-state index contributed by atoms with van der Waals surface area (Å²) in [6.07, 6.45) is 0. The fraction of sp³-hybridized carbons (Fsp3) is 0.250. The molecule has 2 aromatic rings. The quantitative estimate of drug-likeness (QED) is 0.536. The molecule has 0 saturated heterocycles. The molecule has 0 aromatic heterocycles. The maximum Gasteiger partial charge on any atom is 0.344 e. The number of carbonyl (C=O) groups excluding carboxylic acids is 3. The van der Waals surface area contributed by atoms with E-state index in [1.807, 2.05) is 12.1 Å². The van der Waals surface area contributed by atoms with E-state index in [4.69, 9.17) is 14.2 Å². The number of ketones is 1. The molecule has 7 nitrogen and oxygen atoms in total. The Hall–Kier alpha value is -3.35. The van der Waals surface area contributed by atoms with Crippen LogP contribution in [0.2, 0.25) is 0 Å². The molecule has 2 rings (SSSR count). The fourth-order valence-corrected chi connectivity index (χ4v) is 2.13. The molecule has 0 aliphatic heterocycles. The Morgan fingerprint density at radius 3 is 2.37 bits per heavy atom. The van der Waals surface area contributed by atoms with E-state index >= 15 is 0 Å². The van der Waals surface area contributed by atoms with Gasteiger partial charge in [-0.25, -0.2) is 4.79 Å². The zero-order chi connectivity index (χ0) is 19.6. The molecule has 0 fully saturated rings. The third-order valence-corrected chi connectivity index (χ3v) is 3.61. The van der Waals surface area contributed by atoms with Gasteiger partial charge in [-0.3, -0.25) is 9.59 Å². The van der Waals surface area contributed by atoms with Crippen molar-refractivity contribution in [3.05, 3.63) is 59.7 Å².